The molecule has 1 aliphatic rings. The van der Waals surface area contributed by atoms with Gasteiger partial charge in [-0.3, -0.25) is 9.20 Å². The number of hydrogen-bond donors (Lipinski definition) is 2. The Kier molecular flexibility index (Phi) is 9.16. The summed E-state index contributed by atoms with van der Waals surface area (Å²) in [6.45, 7) is 7.92. The molecule has 0 amide bonds. The highest BCUT2D eigenvalue weighted by Crippen LogP contribution is 2.23. The van der Waals surface area contributed by atoms with Gasteiger partial charge in [-0.1, -0.05) is 44.5 Å². The average molecular weight is 378 g/mol. The molecule has 0 heterocycles. The van der Waals surface area contributed by atoms with E-state index in [4.69, 9.17) is 4.99 Å². The number of nitrogens with zero attached hydrogens (tertiary/aromatic N) is 1. The molecule has 1 aliphatic carbocycles. The molecular formula is C21H35N3OS. The topological polar surface area (TPSA) is 53.5 Å². The molecule has 0 spiro atoms. The van der Waals surface area contributed by atoms with Crippen molar-refractivity contribution < 1.29 is 4.21 Å². The first-order valence-electron chi connectivity index (χ1n) is 10.2. The maximum atomic E-state index is 12.1. The lowest BCUT2D eigenvalue weighted by Gasteiger charge is -2.30. The monoisotopic (exact) mass is 377 g/mol. The summed E-state index contributed by atoms with van der Waals surface area (Å²) < 4.78 is 12.1. The minimum Gasteiger partial charge on any atom is -0.357 e. The minimum atomic E-state index is -0.686. The van der Waals surface area contributed by atoms with Crippen molar-refractivity contribution >= 4 is 16.8 Å². The van der Waals surface area contributed by atoms with Crippen molar-refractivity contribution in [2.75, 3.05) is 18.8 Å². The van der Waals surface area contributed by atoms with Gasteiger partial charge in [0.15, 0.2) is 5.96 Å². The van der Waals surface area contributed by atoms with Crippen LogP contribution in [0.15, 0.2) is 29.3 Å². The van der Waals surface area contributed by atoms with E-state index in [0.717, 1.165) is 63.3 Å². The van der Waals surface area contributed by atoms with Crippen molar-refractivity contribution in [1.29, 1.82) is 0 Å². The highest BCUT2D eigenvalue weighted by atomic mass is 32.2. The highest BCUT2D eigenvalue weighted by Gasteiger charge is 2.25. The van der Waals surface area contributed by atoms with Gasteiger partial charge in [-0.25, -0.2) is 0 Å². The zero-order valence-electron chi connectivity index (χ0n) is 16.6. The largest absolute Gasteiger partial charge is 0.357 e. The second-order valence-electron chi connectivity index (χ2n) is 6.98. The number of aliphatic imine (C=N–C) groups is 1. The van der Waals surface area contributed by atoms with Crippen LogP contribution in [0, 0.1) is 0 Å². The molecule has 26 heavy (non-hydrogen) atoms. The number of benzene rings is 1. The Balaban J connectivity index is 1.87. The van der Waals surface area contributed by atoms with E-state index < -0.39 is 10.8 Å². The molecule has 3 unspecified atom stereocenters. The molecule has 2 rings (SSSR count). The van der Waals surface area contributed by atoms with Crippen molar-refractivity contribution in [3.8, 4) is 0 Å². The fourth-order valence-corrected chi connectivity index (χ4v) is 4.85. The molecule has 3 atom stereocenters. The Morgan fingerprint density at radius 1 is 1.15 bits per heavy atom. The van der Waals surface area contributed by atoms with E-state index in [9.17, 15) is 4.21 Å². The second kappa shape index (κ2) is 11.4. The summed E-state index contributed by atoms with van der Waals surface area (Å²) in [6, 6.07) is 9.21. The van der Waals surface area contributed by atoms with Crippen LogP contribution in [0.1, 0.15) is 57.6 Å². The Bertz CT molecular complexity index is 585. The number of aryl methyl sites for hydroxylation is 1. The first-order valence-corrected chi connectivity index (χ1v) is 11.5. The highest BCUT2D eigenvalue weighted by molar-refractivity contribution is 7.85. The van der Waals surface area contributed by atoms with Crippen LogP contribution >= 0.6 is 0 Å². The van der Waals surface area contributed by atoms with Crippen molar-refractivity contribution in [1.82, 2.24) is 10.6 Å². The fourth-order valence-electron chi connectivity index (χ4n) is 3.50. The zero-order chi connectivity index (χ0) is 18.8. The predicted octanol–water partition coefficient (Wildman–Crippen LogP) is 3.43. The normalized spacial score (nSPS) is 22.0. The molecular weight excluding hydrogens is 342 g/mol. The van der Waals surface area contributed by atoms with Crippen LogP contribution in [-0.4, -0.2) is 40.3 Å². The van der Waals surface area contributed by atoms with Crippen molar-refractivity contribution in [2.24, 2.45) is 4.99 Å². The Labute approximate surface area is 161 Å². The number of nitrogens with one attached hydrogen (secondary N) is 2. The molecule has 1 aromatic carbocycles. The third-order valence-electron chi connectivity index (χ3n) is 5.07. The minimum absolute atomic E-state index is 0.339. The van der Waals surface area contributed by atoms with Crippen LogP contribution in [-0.2, 0) is 23.6 Å². The Morgan fingerprint density at radius 2 is 1.88 bits per heavy atom. The van der Waals surface area contributed by atoms with E-state index in [1.54, 1.807) is 0 Å². The van der Waals surface area contributed by atoms with Crippen molar-refractivity contribution in [3.63, 3.8) is 0 Å². The lowest BCUT2D eigenvalue weighted by Crippen LogP contribution is -2.46. The summed E-state index contributed by atoms with van der Waals surface area (Å²) in [5, 5.41) is 7.27. The molecule has 146 valence electrons. The molecule has 1 aromatic rings. The molecule has 0 aliphatic heterocycles. The second-order valence-corrected chi connectivity index (χ2v) is 8.99. The van der Waals surface area contributed by atoms with Crippen LogP contribution in [0.2, 0.25) is 0 Å². The molecule has 2 N–H and O–H groups in total. The van der Waals surface area contributed by atoms with E-state index >= 15 is 0 Å². The SMILES string of the molecule is CCNC(=NCCc1ccc(CC)cc1)NC1CCCC(S(=O)CC)C1. The van der Waals surface area contributed by atoms with E-state index in [0.29, 0.717) is 11.3 Å². The van der Waals surface area contributed by atoms with E-state index in [1.165, 1.54) is 11.1 Å². The van der Waals surface area contributed by atoms with Gasteiger partial charge in [0.05, 0.1) is 0 Å². The van der Waals surface area contributed by atoms with Crippen molar-refractivity contribution in [3.05, 3.63) is 35.4 Å². The predicted molar refractivity (Wildman–Crippen MR) is 113 cm³/mol. The average Bonchev–Trinajstić information content (AvgIpc) is 2.68. The first-order chi connectivity index (χ1) is 12.7. The molecule has 4 nitrogen and oxygen atoms in total. The van der Waals surface area contributed by atoms with E-state index in [2.05, 4.69) is 48.7 Å². The maximum Gasteiger partial charge on any atom is 0.191 e. The first kappa shape index (κ1) is 20.9. The van der Waals surface area contributed by atoms with Gasteiger partial charge in [0, 0.05) is 40.9 Å². The molecule has 1 fully saturated rings. The smallest absolute Gasteiger partial charge is 0.191 e. The van der Waals surface area contributed by atoms with E-state index in [1.807, 2.05) is 6.92 Å². The lowest BCUT2D eigenvalue weighted by molar-refractivity contribution is 0.413. The standard InChI is InChI=1S/C21H35N3OS/c1-4-17-10-12-18(13-11-17)14-15-23-21(22-5-2)24-19-8-7-9-20(16-19)26(25)6-3/h10-13,19-20H,4-9,14-16H2,1-3H3,(H2,22,23,24). The quantitative estimate of drug-likeness (QED) is 0.539. The summed E-state index contributed by atoms with van der Waals surface area (Å²) in [5.41, 5.74) is 2.71. The van der Waals surface area contributed by atoms with Gasteiger partial charge in [-0.15, -0.1) is 0 Å². The van der Waals surface area contributed by atoms with Gasteiger partial charge < -0.3 is 10.6 Å². The molecule has 0 radical (unpaired) electrons. The van der Waals surface area contributed by atoms with Crippen molar-refractivity contribution in [2.45, 2.75) is 70.6 Å². The molecule has 5 heteroatoms. The fraction of sp³-hybridized carbons (Fsp3) is 0.667. The number of guanidine groups is 1. The van der Waals surface area contributed by atoms with Gasteiger partial charge >= 0.3 is 0 Å². The van der Waals surface area contributed by atoms with Gasteiger partial charge in [-0.05, 0) is 50.2 Å². The van der Waals surface area contributed by atoms with Gasteiger partial charge in [0.2, 0.25) is 0 Å². The summed E-state index contributed by atoms with van der Waals surface area (Å²) in [7, 11) is -0.686. The number of rotatable bonds is 8. The Morgan fingerprint density at radius 3 is 2.54 bits per heavy atom. The molecule has 0 saturated heterocycles. The summed E-state index contributed by atoms with van der Waals surface area (Å²) in [6.07, 6.45) is 6.41. The summed E-state index contributed by atoms with van der Waals surface area (Å²) in [4.78, 5) is 4.75. The number of hydrogen-bond acceptors (Lipinski definition) is 2. The zero-order valence-corrected chi connectivity index (χ0v) is 17.4. The maximum absolute atomic E-state index is 12.1. The summed E-state index contributed by atoms with van der Waals surface area (Å²) >= 11 is 0. The van der Waals surface area contributed by atoms with Crippen LogP contribution in [0.25, 0.3) is 0 Å². The third-order valence-corrected chi connectivity index (χ3v) is 6.81. The third kappa shape index (κ3) is 6.75. The van der Waals surface area contributed by atoms with E-state index in [-0.39, 0.29) is 0 Å². The molecule has 0 aromatic heterocycles. The molecule has 0 bridgehead atoms. The van der Waals surface area contributed by atoms with Crippen LogP contribution in [0.3, 0.4) is 0 Å². The lowest BCUT2D eigenvalue weighted by atomic mass is 9.95. The molecule has 1 saturated carbocycles. The van der Waals surface area contributed by atoms with Gasteiger partial charge in [0.1, 0.15) is 0 Å². The van der Waals surface area contributed by atoms with Gasteiger partial charge in [0.25, 0.3) is 0 Å². The van der Waals surface area contributed by atoms with Gasteiger partial charge in [-0.2, -0.15) is 0 Å². The Hall–Kier alpha value is -1.36. The van der Waals surface area contributed by atoms with Crippen LogP contribution < -0.4 is 10.6 Å². The van der Waals surface area contributed by atoms with Crippen LogP contribution in [0.5, 0.6) is 0 Å². The summed E-state index contributed by atoms with van der Waals surface area (Å²) in [5.74, 6) is 1.66. The van der Waals surface area contributed by atoms with Crippen LogP contribution in [0.4, 0.5) is 0 Å².